The Hall–Kier alpha value is -0.980. The summed E-state index contributed by atoms with van der Waals surface area (Å²) in [5.74, 6) is 0.762. The number of hydrogen-bond acceptors (Lipinski definition) is 5. The first-order valence-corrected chi connectivity index (χ1v) is 6.73. The minimum atomic E-state index is 0.109. The van der Waals surface area contributed by atoms with E-state index in [-0.39, 0.29) is 6.61 Å². The third-order valence-corrected chi connectivity index (χ3v) is 3.95. The predicted octanol–water partition coefficient (Wildman–Crippen LogP) is 2.40. The molecule has 0 spiro atoms. The van der Waals surface area contributed by atoms with E-state index >= 15 is 0 Å². The maximum absolute atomic E-state index is 8.84. The SMILES string of the molecule is CN(CCO)c1ccc(-c2ccc(Br)s2)nn1. The van der Waals surface area contributed by atoms with Crippen LogP contribution in [0.1, 0.15) is 0 Å². The lowest BCUT2D eigenvalue weighted by Crippen LogP contribution is -2.22. The largest absolute Gasteiger partial charge is 0.395 e. The van der Waals surface area contributed by atoms with Gasteiger partial charge in [0.15, 0.2) is 5.82 Å². The monoisotopic (exact) mass is 313 g/mol. The first kappa shape index (κ1) is 12.5. The Morgan fingerprint density at radius 1 is 1.29 bits per heavy atom. The number of thiophene rings is 1. The molecule has 0 saturated carbocycles. The van der Waals surface area contributed by atoms with E-state index in [4.69, 9.17) is 5.11 Å². The van der Waals surface area contributed by atoms with Gasteiger partial charge in [-0.1, -0.05) is 0 Å². The molecule has 0 saturated heterocycles. The zero-order valence-corrected chi connectivity index (χ0v) is 11.7. The van der Waals surface area contributed by atoms with Crippen molar-refractivity contribution in [1.82, 2.24) is 10.2 Å². The van der Waals surface area contributed by atoms with E-state index in [0.29, 0.717) is 6.54 Å². The number of likely N-dealkylation sites (N-methyl/N-ethyl adjacent to an activating group) is 1. The Balaban J connectivity index is 2.18. The van der Waals surface area contributed by atoms with Crippen molar-refractivity contribution in [3.05, 3.63) is 28.1 Å². The average molecular weight is 314 g/mol. The Labute approximate surface area is 112 Å². The molecule has 2 rings (SSSR count). The van der Waals surface area contributed by atoms with Crippen molar-refractivity contribution < 1.29 is 5.11 Å². The summed E-state index contributed by atoms with van der Waals surface area (Å²) in [7, 11) is 1.88. The van der Waals surface area contributed by atoms with E-state index in [1.807, 2.05) is 36.2 Å². The molecule has 0 aliphatic heterocycles. The molecule has 4 nitrogen and oxygen atoms in total. The zero-order chi connectivity index (χ0) is 12.3. The number of aliphatic hydroxyl groups excluding tert-OH is 1. The Bertz CT molecular complexity index is 486. The molecule has 2 aromatic heterocycles. The van der Waals surface area contributed by atoms with Crippen LogP contribution in [0, 0.1) is 0 Å². The fourth-order valence-corrected chi connectivity index (χ4v) is 2.73. The number of halogens is 1. The molecule has 0 atom stereocenters. The number of hydrogen-bond donors (Lipinski definition) is 1. The number of aromatic nitrogens is 2. The fraction of sp³-hybridized carbons (Fsp3) is 0.273. The van der Waals surface area contributed by atoms with Crippen LogP contribution >= 0.6 is 27.3 Å². The summed E-state index contributed by atoms with van der Waals surface area (Å²) >= 11 is 5.05. The van der Waals surface area contributed by atoms with Crippen molar-refractivity contribution in [2.24, 2.45) is 0 Å². The number of anilines is 1. The second-order valence-electron chi connectivity index (χ2n) is 3.53. The van der Waals surface area contributed by atoms with Crippen molar-refractivity contribution >= 4 is 33.1 Å². The van der Waals surface area contributed by atoms with Crippen LogP contribution in [0.5, 0.6) is 0 Å². The van der Waals surface area contributed by atoms with E-state index in [1.165, 1.54) is 0 Å². The number of aliphatic hydroxyl groups is 1. The Morgan fingerprint density at radius 3 is 2.65 bits per heavy atom. The van der Waals surface area contributed by atoms with Crippen LogP contribution in [0.25, 0.3) is 10.6 Å². The van der Waals surface area contributed by atoms with Gasteiger partial charge < -0.3 is 10.0 Å². The van der Waals surface area contributed by atoms with Gasteiger partial charge in [0.1, 0.15) is 5.69 Å². The van der Waals surface area contributed by atoms with Gasteiger partial charge in [0.25, 0.3) is 0 Å². The topological polar surface area (TPSA) is 49.2 Å². The van der Waals surface area contributed by atoms with E-state index in [0.717, 1.165) is 20.2 Å². The van der Waals surface area contributed by atoms with Crippen LogP contribution in [0.3, 0.4) is 0 Å². The molecule has 17 heavy (non-hydrogen) atoms. The first-order valence-electron chi connectivity index (χ1n) is 5.12. The molecular formula is C11H12BrN3OS. The summed E-state index contributed by atoms with van der Waals surface area (Å²) in [4.78, 5) is 2.95. The second kappa shape index (κ2) is 5.57. The first-order chi connectivity index (χ1) is 8.20. The molecule has 6 heteroatoms. The van der Waals surface area contributed by atoms with Crippen LogP contribution < -0.4 is 4.90 Å². The van der Waals surface area contributed by atoms with Crippen LogP contribution in [-0.4, -0.2) is 35.5 Å². The summed E-state index contributed by atoms with van der Waals surface area (Å²) in [6.07, 6.45) is 0. The fourth-order valence-electron chi connectivity index (χ4n) is 1.38. The van der Waals surface area contributed by atoms with E-state index in [1.54, 1.807) is 11.3 Å². The van der Waals surface area contributed by atoms with E-state index in [9.17, 15) is 0 Å². The molecule has 2 heterocycles. The quantitative estimate of drug-likeness (QED) is 0.941. The molecule has 0 radical (unpaired) electrons. The Morgan fingerprint density at radius 2 is 2.12 bits per heavy atom. The van der Waals surface area contributed by atoms with Gasteiger partial charge in [-0.25, -0.2) is 0 Å². The van der Waals surface area contributed by atoms with Gasteiger partial charge in [0.05, 0.1) is 15.3 Å². The number of rotatable bonds is 4. The maximum atomic E-state index is 8.84. The van der Waals surface area contributed by atoms with Gasteiger partial charge in [-0.3, -0.25) is 0 Å². The van der Waals surface area contributed by atoms with Crippen LogP contribution in [0.4, 0.5) is 5.82 Å². The molecule has 90 valence electrons. The lowest BCUT2D eigenvalue weighted by Gasteiger charge is -2.15. The van der Waals surface area contributed by atoms with E-state index in [2.05, 4.69) is 26.1 Å². The smallest absolute Gasteiger partial charge is 0.151 e. The van der Waals surface area contributed by atoms with Crippen molar-refractivity contribution in [1.29, 1.82) is 0 Å². The van der Waals surface area contributed by atoms with Gasteiger partial charge in [0, 0.05) is 13.6 Å². The minimum Gasteiger partial charge on any atom is -0.395 e. The summed E-state index contributed by atoms with van der Waals surface area (Å²) in [6.45, 7) is 0.663. The van der Waals surface area contributed by atoms with Crippen molar-refractivity contribution in [2.75, 3.05) is 25.1 Å². The molecule has 0 aromatic carbocycles. The normalized spacial score (nSPS) is 10.5. The van der Waals surface area contributed by atoms with Crippen molar-refractivity contribution in [3.8, 4) is 10.6 Å². The van der Waals surface area contributed by atoms with Gasteiger partial charge in [-0.2, -0.15) is 0 Å². The summed E-state index contributed by atoms with van der Waals surface area (Å²) in [6, 6.07) is 7.85. The van der Waals surface area contributed by atoms with Crippen molar-refractivity contribution in [2.45, 2.75) is 0 Å². The van der Waals surface area contributed by atoms with Crippen molar-refractivity contribution in [3.63, 3.8) is 0 Å². The summed E-state index contributed by atoms with van der Waals surface area (Å²) in [5.41, 5.74) is 0.863. The lowest BCUT2D eigenvalue weighted by atomic mass is 10.3. The third kappa shape index (κ3) is 3.02. The minimum absolute atomic E-state index is 0.109. The standard InChI is InChI=1S/C11H12BrN3OS/c1-15(6-7-16)11-5-2-8(13-14-11)9-3-4-10(12)17-9/h2-5,16H,6-7H2,1H3. The summed E-state index contributed by atoms with van der Waals surface area (Å²) in [5, 5.41) is 17.2. The second-order valence-corrected chi connectivity index (χ2v) is 5.99. The molecule has 2 aromatic rings. The van der Waals surface area contributed by atoms with Gasteiger partial charge in [-0.15, -0.1) is 21.5 Å². The highest BCUT2D eigenvalue weighted by Crippen LogP contribution is 2.29. The summed E-state index contributed by atoms with van der Waals surface area (Å²) < 4.78 is 1.08. The van der Waals surface area contributed by atoms with Crippen LogP contribution in [0.2, 0.25) is 0 Å². The van der Waals surface area contributed by atoms with Crippen LogP contribution in [-0.2, 0) is 0 Å². The molecule has 0 aliphatic carbocycles. The molecule has 1 N–H and O–H groups in total. The zero-order valence-electron chi connectivity index (χ0n) is 9.30. The molecule has 0 bridgehead atoms. The highest BCUT2D eigenvalue weighted by molar-refractivity contribution is 9.11. The van der Waals surface area contributed by atoms with E-state index < -0.39 is 0 Å². The number of nitrogens with zero attached hydrogens (tertiary/aromatic N) is 3. The lowest BCUT2D eigenvalue weighted by molar-refractivity contribution is 0.303. The molecule has 0 amide bonds. The molecule has 0 unspecified atom stereocenters. The molecular weight excluding hydrogens is 302 g/mol. The highest BCUT2D eigenvalue weighted by Gasteiger charge is 2.06. The average Bonchev–Trinajstić information content (AvgIpc) is 2.76. The predicted molar refractivity (Wildman–Crippen MR) is 73.4 cm³/mol. The molecule has 0 fully saturated rings. The van der Waals surface area contributed by atoms with Crippen LogP contribution in [0.15, 0.2) is 28.1 Å². The third-order valence-electron chi connectivity index (χ3n) is 2.30. The molecule has 0 aliphatic rings. The maximum Gasteiger partial charge on any atom is 0.151 e. The van der Waals surface area contributed by atoms with Gasteiger partial charge >= 0.3 is 0 Å². The van der Waals surface area contributed by atoms with Gasteiger partial charge in [-0.05, 0) is 40.2 Å². The highest BCUT2D eigenvalue weighted by atomic mass is 79.9. The Kier molecular flexibility index (Phi) is 4.09. The van der Waals surface area contributed by atoms with Gasteiger partial charge in [0.2, 0.25) is 0 Å².